The quantitative estimate of drug-likeness (QED) is 0.727. The first-order chi connectivity index (χ1) is 6.72. The van der Waals surface area contributed by atoms with Crippen molar-refractivity contribution in [2.24, 2.45) is 5.92 Å². The number of rotatable bonds is 5. The Morgan fingerprint density at radius 2 is 2.07 bits per heavy atom. The molecule has 1 atom stereocenters. The van der Waals surface area contributed by atoms with Gasteiger partial charge in [0.1, 0.15) is 0 Å². The summed E-state index contributed by atoms with van der Waals surface area (Å²) in [4.78, 5) is 13.6. The predicted octanol–water partition coefficient (Wildman–Crippen LogP) is 1.59. The van der Waals surface area contributed by atoms with Crippen molar-refractivity contribution in [3.63, 3.8) is 0 Å². The second-order valence-corrected chi connectivity index (χ2v) is 4.03. The molecule has 0 radical (unpaired) electrons. The molecule has 0 aliphatic carbocycles. The lowest BCUT2D eigenvalue weighted by atomic mass is 10.0. The minimum absolute atomic E-state index is 0.267. The molecule has 1 amide bonds. The van der Waals surface area contributed by atoms with E-state index in [1.54, 1.807) is 0 Å². The van der Waals surface area contributed by atoms with Crippen molar-refractivity contribution < 1.29 is 4.79 Å². The third-order valence-electron chi connectivity index (χ3n) is 3.18. The first-order valence-corrected chi connectivity index (χ1v) is 5.75. The first kappa shape index (κ1) is 11.5. The molecule has 1 rings (SSSR count). The van der Waals surface area contributed by atoms with Gasteiger partial charge in [-0.25, -0.2) is 0 Å². The maximum absolute atomic E-state index is 11.6. The van der Waals surface area contributed by atoms with Gasteiger partial charge >= 0.3 is 0 Å². The molecule has 1 saturated heterocycles. The Hall–Kier alpha value is -0.570. The minimum atomic E-state index is 0.267. The fourth-order valence-electron chi connectivity index (χ4n) is 2.01. The van der Waals surface area contributed by atoms with Crippen LogP contribution in [0.25, 0.3) is 0 Å². The number of amides is 1. The van der Waals surface area contributed by atoms with E-state index >= 15 is 0 Å². The molecule has 1 aliphatic heterocycles. The molecule has 0 spiro atoms. The van der Waals surface area contributed by atoms with Crippen molar-refractivity contribution in [1.29, 1.82) is 0 Å². The van der Waals surface area contributed by atoms with Gasteiger partial charge in [-0.3, -0.25) is 10.1 Å². The highest BCUT2D eigenvalue weighted by molar-refractivity contribution is 5.80. The van der Waals surface area contributed by atoms with Crippen LogP contribution in [0.5, 0.6) is 0 Å². The zero-order valence-corrected chi connectivity index (χ0v) is 9.55. The van der Waals surface area contributed by atoms with Crippen LogP contribution in [0.3, 0.4) is 0 Å². The van der Waals surface area contributed by atoms with Gasteiger partial charge in [-0.15, -0.1) is 0 Å². The lowest BCUT2D eigenvalue weighted by Crippen LogP contribution is -2.39. The van der Waals surface area contributed by atoms with Crippen LogP contribution in [0.1, 0.15) is 40.0 Å². The maximum Gasteiger partial charge on any atom is 0.237 e. The SMILES string of the molecule is CCC(CC)CN1C(=O)CNC1CC. The minimum Gasteiger partial charge on any atom is -0.326 e. The van der Waals surface area contributed by atoms with E-state index in [2.05, 4.69) is 26.1 Å². The smallest absolute Gasteiger partial charge is 0.237 e. The van der Waals surface area contributed by atoms with E-state index in [1.807, 2.05) is 4.90 Å². The molecule has 1 aliphatic rings. The number of hydrogen-bond donors (Lipinski definition) is 1. The zero-order valence-electron chi connectivity index (χ0n) is 9.55. The van der Waals surface area contributed by atoms with Crippen molar-refractivity contribution in [2.45, 2.75) is 46.2 Å². The average Bonchev–Trinajstić information content (AvgIpc) is 2.56. The second-order valence-electron chi connectivity index (χ2n) is 4.03. The van der Waals surface area contributed by atoms with Crippen LogP contribution >= 0.6 is 0 Å². The van der Waals surface area contributed by atoms with Gasteiger partial charge in [-0.1, -0.05) is 33.6 Å². The van der Waals surface area contributed by atoms with Crippen molar-refractivity contribution in [3.05, 3.63) is 0 Å². The van der Waals surface area contributed by atoms with Crippen LogP contribution in [-0.2, 0) is 4.79 Å². The largest absolute Gasteiger partial charge is 0.326 e. The molecule has 1 N–H and O–H groups in total. The molecule has 0 aromatic heterocycles. The fraction of sp³-hybridized carbons (Fsp3) is 0.909. The van der Waals surface area contributed by atoms with Crippen molar-refractivity contribution >= 4 is 5.91 Å². The Balaban J connectivity index is 2.51. The van der Waals surface area contributed by atoms with Gasteiger partial charge in [0.25, 0.3) is 0 Å². The standard InChI is InChI=1S/C11H22N2O/c1-4-9(5-2)8-13-10(6-3)12-7-11(13)14/h9-10,12H,4-8H2,1-3H3. The van der Waals surface area contributed by atoms with Crippen LogP contribution in [0.4, 0.5) is 0 Å². The fourth-order valence-corrected chi connectivity index (χ4v) is 2.01. The lowest BCUT2D eigenvalue weighted by Gasteiger charge is -2.27. The molecule has 1 heterocycles. The number of carbonyl (C=O) groups is 1. The summed E-state index contributed by atoms with van der Waals surface area (Å²) in [5.41, 5.74) is 0. The van der Waals surface area contributed by atoms with Gasteiger partial charge in [0.15, 0.2) is 0 Å². The Morgan fingerprint density at radius 1 is 1.43 bits per heavy atom. The van der Waals surface area contributed by atoms with Gasteiger partial charge in [-0.05, 0) is 12.3 Å². The highest BCUT2D eigenvalue weighted by Crippen LogP contribution is 2.15. The van der Waals surface area contributed by atoms with Gasteiger partial charge in [0, 0.05) is 6.54 Å². The van der Waals surface area contributed by atoms with Gasteiger partial charge in [0.05, 0.1) is 12.7 Å². The van der Waals surface area contributed by atoms with E-state index in [4.69, 9.17) is 0 Å². The van der Waals surface area contributed by atoms with Crippen molar-refractivity contribution in [1.82, 2.24) is 10.2 Å². The van der Waals surface area contributed by atoms with Crippen LogP contribution in [0.2, 0.25) is 0 Å². The summed E-state index contributed by atoms with van der Waals surface area (Å²) >= 11 is 0. The van der Waals surface area contributed by atoms with Crippen LogP contribution in [0, 0.1) is 5.92 Å². The van der Waals surface area contributed by atoms with E-state index in [9.17, 15) is 4.79 Å². The normalized spacial score (nSPS) is 22.4. The third-order valence-corrected chi connectivity index (χ3v) is 3.18. The summed E-state index contributed by atoms with van der Waals surface area (Å²) in [5, 5.41) is 3.24. The third kappa shape index (κ3) is 2.47. The molecule has 0 aromatic rings. The zero-order chi connectivity index (χ0) is 10.6. The number of nitrogens with one attached hydrogen (secondary N) is 1. The van der Waals surface area contributed by atoms with E-state index in [1.165, 1.54) is 0 Å². The summed E-state index contributed by atoms with van der Waals surface area (Å²) in [6.45, 7) is 7.97. The Bertz CT molecular complexity index is 190. The van der Waals surface area contributed by atoms with E-state index < -0.39 is 0 Å². The van der Waals surface area contributed by atoms with Gasteiger partial charge in [0.2, 0.25) is 5.91 Å². The first-order valence-electron chi connectivity index (χ1n) is 5.75. The highest BCUT2D eigenvalue weighted by atomic mass is 16.2. The molecule has 3 heteroatoms. The monoisotopic (exact) mass is 198 g/mol. The molecule has 3 nitrogen and oxygen atoms in total. The highest BCUT2D eigenvalue weighted by Gasteiger charge is 2.29. The molecule has 0 saturated carbocycles. The summed E-state index contributed by atoms with van der Waals surface area (Å²) in [5.74, 6) is 0.927. The molecule has 0 aromatic carbocycles. The Kier molecular flexibility index (Phi) is 4.39. The van der Waals surface area contributed by atoms with Gasteiger partial charge in [-0.2, -0.15) is 0 Å². The number of carbonyl (C=O) groups excluding carboxylic acids is 1. The maximum atomic E-state index is 11.6. The van der Waals surface area contributed by atoms with Crippen LogP contribution in [-0.4, -0.2) is 30.1 Å². The van der Waals surface area contributed by atoms with Crippen molar-refractivity contribution in [3.8, 4) is 0 Å². The van der Waals surface area contributed by atoms with Crippen LogP contribution in [0.15, 0.2) is 0 Å². The predicted molar refractivity (Wildman–Crippen MR) is 57.9 cm³/mol. The summed E-state index contributed by atoms with van der Waals surface area (Å²) in [7, 11) is 0. The average molecular weight is 198 g/mol. The van der Waals surface area contributed by atoms with Crippen LogP contribution < -0.4 is 5.32 Å². The Morgan fingerprint density at radius 3 is 2.57 bits per heavy atom. The molecule has 1 unspecified atom stereocenters. The molecular formula is C11H22N2O. The molecule has 14 heavy (non-hydrogen) atoms. The summed E-state index contributed by atoms with van der Waals surface area (Å²) < 4.78 is 0. The summed E-state index contributed by atoms with van der Waals surface area (Å²) in [6.07, 6.45) is 3.61. The van der Waals surface area contributed by atoms with Gasteiger partial charge < -0.3 is 4.90 Å². The molecule has 1 fully saturated rings. The molecule has 82 valence electrons. The lowest BCUT2D eigenvalue weighted by molar-refractivity contribution is -0.128. The van der Waals surface area contributed by atoms with Crippen molar-refractivity contribution in [2.75, 3.05) is 13.1 Å². The molecule has 0 bridgehead atoms. The number of nitrogens with zero attached hydrogens (tertiary/aromatic N) is 1. The van der Waals surface area contributed by atoms with E-state index in [0.29, 0.717) is 12.5 Å². The van der Waals surface area contributed by atoms with E-state index in [0.717, 1.165) is 25.8 Å². The van der Waals surface area contributed by atoms with E-state index in [-0.39, 0.29) is 12.1 Å². The molecular weight excluding hydrogens is 176 g/mol. The second kappa shape index (κ2) is 5.35. The topological polar surface area (TPSA) is 32.3 Å². The Labute approximate surface area is 86.9 Å². The number of hydrogen-bond acceptors (Lipinski definition) is 2. The summed E-state index contributed by atoms with van der Waals surface area (Å²) in [6, 6.07) is 0.